The van der Waals surface area contributed by atoms with E-state index in [4.69, 9.17) is 0 Å². The summed E-state index contributed by atoms with van der Waals surface area (Å²) >= 11 is 0. The molecule has 0 radical (unpaired) electrons. The average molecular weight is 153 g/mol. The van der Waals surface area contributed by atoms with E-state index >= 15 is 0 Å². The molecule has 1 rings (SSSR count). The molecule has 0 spiro atoms. The van der Waals surface area contributed by atoms with Crippen LogP contribution in [0.15, 0.2) is 0 Å². The lowest BCUT2D eigenvalue weighted by Crippen LogP contribution is -2.44. The first-order valence-electron chi connectivity index (χ1n) is 3.28. The summed E-state index contributed by atoms with van der Waals surface area (Å²) in [6, 6.07) is 0. The number of hydrogen-bond acceptors (Lipinski definition) is 1. The van der Waals surface area contributed by atoms with E-state index in [9.17, 15) is 13.2 Å². The number of piperidine rings is 1. The highest BCUT2D eigenvalue weighted by Crippen LogP contribution is 2.25. The maximum atomic E-state index is 12.4. The zero-order valence-corrected chi connectivity index (χ0v) is 5.54. The molecule has 0 aromatic heterocycles. The first-order chi connectivity index (χ1) is 4.64. The Balaban J connectivity index is 2.40. The summed E-state index contributed by atoms with van der Waals surface area (Å²) < 4.78 is 36.7. The Morgan fingerprint density at radius 3 is 2.60 bits per heavy atom. The van der Waals surface area contributed by atoms with Crippen LogP contribution < -0.4 is 5.32 Å². The first kappa shape index (κ1) is 7.85. The Kier molecular flexibility index (Phi) is 2.18. The van der Waals surface area contributed by atoms with Gasteiger partial charge in [-0.3, -0.25) is 4.39 Å². The molecular formula is C6H10F3N. The first-order valence-corrected chi connectivity index (χ1v) is 3.28. The van der Waals surface area contributed by atoms with Crippen LogP contribution in [-0.4, -0.2) is 25.7 Å². The Hall–Kier alpha value is -0.250. The van der Waals surface area contributed by atoms with E-state index in [1.54, 1.807) is 0 Å². The summed E-state index contributed by atoms with van der Waals surface area (Å²) in [6.07, 6.45) is -0.309. The molecule has 0 aromatic carbocycles. The molecule has 10 heavy (non-hydrogen) atoms. The molecule has 0 aliphatic carbocycles. The van der Waals surface area contributed by atoms with Crippen molar-refractivity contribution in [1.82, 2.24) is 5.32 Å². The van der Waals surface area contributed by atoms with Gasteiger partial charge in [-0.2, -0.15) is 0 Å². The highest BCUT2D eigenvalue weighted by molar-refractivity contribution is 4.80. The van der Waals surface area contributed by atoms with Crippen LogP contribution in [-0.2, 0) is 0 Å². The smallest absolute Gasteiger partial charge is 0.260 e. The van der Waals surface area contributed by atoms with Crippen LogP contribution in [0.5, 0.6) is 0 Å². The minimum Gasteiger partial charge on any atom is -0.311 e. The van der Waals surface area contributed by atoms with E-state index in [1.807, 2.05) is 0 Å². The average Bonchev–Trinajstić information content (AvgIpc) is 1.86. The molecule has 0 saturated carbocycles. The standard InChI is InChI=1S/C6H10F3N/c7-2-5-1-6(8,9)4-10-3-5/h5,10H,1-4H2. The minimum atomic E-state index is -2.70. The van der Waals surface area contributed by atoms with Gasteiger partial charge in [-0.25, -0.2) is 8.78 Å². The van der Waals surface area contributed by atoms with Crippen LogP contribution >= 0.6 is 0 Å². The highest BCUT2D eigenvalue weighted by Gasteiger charge is 2.35. The predicted molar refractivity (Wildman–Crippen MR) is 31.9 cm³/mol. The second-order valence-electron chi connectivity index (χ2n) is 2.71. The van der Waals surface area contributed by atoms with E-state index in [2.05, 4.69) is 5.32 Å². The van der Waals surface area contributed by atoms with Gasteiger partial charge < -0.3 is 5.32 Å². The third-order valence-electron chi connectivity index (χ3n) is 1.62. The quantitative estimate of drug-likeness (QED) is 0.596. The van der Waals surface area contributed by atoms with Gasteiger partial charge >= 0.3 is 0 Å². The molecule has 0 aromatic rings. The molecule has 1 unspecified atom stereocenters. The molecular weight excluding hydrogens is 143 g/mol. The number of rotatable bonds is 1. The highest BCUT2D eigenvalue weighted by atomic mass is 19.3. The largest absolute Gasteiger partial charge is 0.311 e. The molecule has 0 amide bonds. The molecule has 1 nitrogen and oxygen atoms in total. The molecule has 1 saturated heterocycles. The van der Waals surface area contributed by atoms with Crippen molar-refractivity contribution >= 4 is 0 Å². The molecule has 1 N–H and O–H groups in total. The van der Waals surface area contributed by atoms with Gasteiger partial charge in [0, 0.05) is 18.9 Å². The third kappa shape index (κ3) is 1.87. The number of hydrogen-bond donors (Lipinski definition) is 1. The van der Waals surface area contributed by atoms with Crippen LogP contribution in [0.25, 0.3) is 0 Å². The van der Waals surface area contributed by atoms with Crippen molar-refractivity contribution in [3.8, 4) is 0 Å². The fraction of sp³-hybridized carbons (Fsp3) is 1.00. The zero-order valence-electron chi connectivity index (χ0n) is 5.54. The normalized spacial score (nSPS) is 32.1. The zero-order chi connectivity index (χ0) is 7.61. The summed E-state index contributed by atoms with van der Waals surface area (Å²) in [7, 11) is 0. The van der Waals surface area contributed by atoms with Crippen LogP contribution in [0.4, 0.5) is 13.2 Å². The molecule has 1 fully saturated rings. The van der Waals surface area contributed by atoms with Crippen molar-refractivity contribution in [2.75, 3.05) is 19.8 Å². The summed E-state index contributed by atoms with van der Waals surface area (Å²) in [4.78, 5) is 0. The van der Waals surface area contributed by atoms with E-state index in [0.29, 0.717) is 6.54 Å². The topological polar surface area (TPSA) is 12.0 Å². The van der Waals surface area contributed by atoms with E-state index in [1.165, 1.54) is 0 Å². The molecule has 60 valence electrons. The number of halogens is 3. The molecule has 1 heterocycles. The molecule has 1 aliphatic heterocycles. The Labute approximate surface area is 57.6 Å². The molecule has 1 atom stereocenters. The fourth-order valence-corrected chi connectivity index (χ4v) is 1.13. The maximum absolute atomic E-state index is 12.4. The van der Waals surface area contributed by atoms with E-state index in [0.717, 1.165) is 0 Å². The summed E-state index contributed by atoms with van der Waals surface area (Å²) in [5.41, 5.74) is 0. The van der Waals surface area contributed by atoms with E-state index in [-0.39, 0.29) is 13.0 Å². The van der Waals surface area contributed by atoms with Crippen molar-refractivity contribution in [3.05, 3.63) is 0 Å². The third-order valence-corrected chi connectivity index (χ3v) is 1.62. The second-order valence-corrected chi connectivity index (χ2v) is 2.71. The Morgan fingerprint density at radius 1 is 1.50 bits per heavy atom. The van der Waals surface area contributed by atoms with Crippen molar-refractivity contribution in [1.29, 1.82) is 0 Å². The van der Waals surface area contributed by atoms with E-state index < -0.39 is 18.5 Å². The van der Waals surface area contributed by atoms with Gasteiger partial charge in [0.05, 0.1) is 13.2 Å². The van der Waals surface area contributed by atoms with Crippen molar-refractivity contribution in [2.45, 2.75) is 12.3 Å². The molecule has 0 bridgehead atoms. The van der Waals surface area contributed by atoms with Gasteiger partial charge in [-0.05, 0) is 0 Å². The van der Waals surface area contributed by atoms with Crippen molar-refractivity contribution in [2.24, 2.45) is 5.92 Å². The van der Waals surface area contributed by atoms with Gasteiger partial charge in [0.15, 0.2) is 0 Å². The van der Waals surface area contributed by atoms with Gasteiger partial charge in [0.25, 0.3) is 5.92 Å². The molecule has 1 aliphatic rings. The fourth-order valence-electron chi connectivity index (χ4n) is 1.13. The van der Waals surface area contributed by atoms with Crippen LogP contribution in [0.3, 0.4) is 0 Å². The monoisotopic (exact) mass is 153 g/mol. The lowest BCUT2D eigenvalue weighted by atomic mass is 9.98. The van der Waals surface area contributed by atoms with Gasteiger partial charge in [0.2, 0.25) is 0 Å². The van der Waals surface area contributed by atoms with Crippen LogP contribution in [0, 0.1) is 5.92 Å². The van der Waals surface area contributed by atoms with Crippen LogP contribution in [0.2, 0.25) is 0 Å². The lowest BCUT2D eigenvalue weighted by Gasteiger charge is -2.27. The maximum Gasteiger partial charge on any atom is 0.260 e. The number of nitrogens with one attached hydrogen (secondary N) is 1. The Morgan fingerprint density at radius 2 is 2.20 bits per heavy atom. The second kappa shape index (κ2) is 2.78. The van der Waals surface area contributed by atoms with Crippen molar-refractivity contribution in [3.63, 3.8) is 0 Å². The summed E-state index contributed by atoms with van der Waals surface area (Å²) in [5.74, 6) is -3.20. The van der Waals surface area contributed by atoms with Crippen molar-refractivity contribution < 1.29 is 13.2 Å². The SMILES string of the molecule is FCC1CNCC(F)(F)C1. The van der Waals surface area contributed by atoms with Gasteiger partial charge in [0.1, 0.15) is 0 Å². The van der Waals surface area contributed by atoms with Crippen LogP contribution in [0.1, 0.15) is 6.42 Å². The Bertz CT molecular complexity index is 116. The van der Waals surface area contributed by atoms with Gasteiger partial charge in [-0.1, -0.05) is 0 Å². The summed E-state index contributed by atoms with van der Waals surface area (Å²) in [5, 5.41) is 2.49. The summed E-state index contributed by atoms with van der Waals surface area (Å²) in [6.45, 7) is -0.571. The molecule has 4 heteroatoms. The van der Waals surface area contributed by atoms with Gasteiger partial charge in [-0.15, -0.1) is 0 Å². The predicted octanol–water partition coefficient (Wildman–Crippen LogP) is 1.20. The lowest BCUT2D eigenvalue weighted by molar-refractivity contribution is -0.0424. The minimum absolute atomic E-state index is 0.302. The number of alkyl halides is 3.